The lowest BCUT2D eigenvalue weighted by Gasteiger charge is -2.09. The molecule has 0 bridgehead atoms. The van der Waals surface area contributed by atoms with Crippen LogP contribution in [0.3, 0.4) is 0 Å². The van der Waals surface area contributed by atoms with Crippen LogP contribution < -0.4 is 15.4 Å². The molecule has 0 aliphatic heterocycles. The van der Waals surface area contributed by atoms with E-state index in [0.29, 0.717) is 23.9 Å². The first kappa shape index (κ1) is 15.6. The van der Waals surface area contributed by atoms with Crippen molar-refractivity contribution in [2.75, 3.05) is 19.7 Å². The van der Waals surface area contributed by atoms with E-state index in [1.54, 1.807) is 6.07 Å². The maximum atomic E-state index is 11.3. The van der Waals surface area contributed by atoms with Gasteiger partial charge in [0.2, 0.25) is 0 Å². The Bertz CT molecular complexity index is 385. The lowest BCUT2D eigenvalue weighted by molar-refractivity contribution is 0.239. The molecule has 0 atom stereocenters. The summed E-state index contributed by atoms with van der Waals surface area (Å²) in [7, 11) is 0. The molecule has 0 saturated carbocycles. The number of carbonyl (C=O) groups excluding carboxylic acids is 1. The summed E-state index contributed by atoms with van der Waals surface area (Å²) < 4.78 is 5.51. The SMILES string of the molecule is CCCCNC(=O)NCCCOc1ccccc1Cl. The third-order valence-electron chi connectivity index (χ3n) is 2.52. The molecule has 2 amide bonds. The van der Waals surface area contributed by atoms with Crippen molar-refractivity contribution in [3.63, 3.8) is 0 Å². The van der Waals surface area contributed by atoms with E-state index in [1.165, 1.54) is 0 Å². The molecule has 0 heterocycles. The predicted molar refractivity (Wildman–Crippen MR) is 77.9 cm³/mol. The van der Waals surface area contributed by atoms with Crippen LogP contribution in [0.25, 0.3) is 0 Å². The van der Waals surface area contributed by atoms with Gasteiger partial charge in [0.05, 0.1) is 11.6 Å². The fourth-order valence-corrected chi connectivity index (χ4v) is 1.65. The molecule has 1 rings (SSSR count). The van der Waals surface area contributed by atoms with Crippen LogP contribution in [0.4, 0.5) is 4.79 Å². The minimum absolute atomic E-state index is 0.119. The molecule has 5 heteroatoms. The van der Waals surface area contributed by atoms with Gasteiger partial charge in [-0.25, -0.2) is 4.79 Å². The number of hydrogen-bond donors (Lipinski definition) is 2. The van der Waals surface area contributed by atoms with Crippen LogP contribution >= 0.6 is 11.6 Å². The van der Waals surface area contributed by atoms with Crippen molar-refractivity contribution in [2.45, 2.75) is 26.2 Å². The smallest absolute Gasteiger partial charge is 0.314 e. The summed E-state index contributed by atoms with van der Waals surface area (Å²) in [6, 6.07) is 7.23. The number of para-hydroxylation sites is 1. The van der Waals surface area contributed by atoms with Gasteiger partial charge in [-0.3, -0.25) is 0 Å². The second-order valence-electron chi connectivity index (χ2n) is 4.17. The summed E-state index contributed by atoms with van der Waals surface area (Å²) in [5, 5.41) is 6.17. The molecular formula is C14H21ClN2O2. The minimum atomic E-state index is -0.119. The average molecular weight is 285 g/mol. The van der Waals surface area contributed by atoms with E-state index in [-0.39, 0.29) is 6.03 Å². The van der Waals surface area contributed by atoms with Crippen LogP contribution in [-0.4, -0.2) is 25.7 Å². The average Bonchev–Trinajstić information content (AvgIpc) is 2.41. The Morgan fingerprint density at radius 2 is 1.89 bits per heavy atom. The van der Waals surface area contributed by atoms with Crippen molar-refractivity contribution in [1.82, 2.24) is 10.6 Å². The molecule has 4 nitrogen and oxygen atoms in total. The van der Waals surface area contributed by atoms with Gasteiger partial charge in [-0.05, 0) is 25.0 Å². The van der Waals surface area contributed by atoms with Crippen LogP contribution in [0.15, 0.2) is 24.3 Å². The number of nitrogens with one attached hydrogen (secondary N) is 2. The van der Waals surface area contributed by atoms with Gasteiger partial charge in [0.15, 0.2) is 0 Å². The van der Waals surface area contributed by atoms with Crippen molar-refractivity contribution in [3.05, 3.63) is 29.3 Å². The lowest BCUT2D eigenvalue weighted by atomic mass is 10.3. The summed E-state index contributed by atoms with van der Waals surface area (Å²) >= 11 is 5.95. The Labute approximate surface area is 119 Å². The summed E-state index contributed by atoms with van der Waals surface area (Å²) in [6.45, 7) is 3.92. The molecule has 106 valence electrons. The van der Waals surface area contributed by atoms with E-state index in [0.717, 1.165) is 25.8 Å². The number of ether oxygens (including phenoxy) is 1. The van der Waals surface area contributed by atoms with Gasteiger partial charge < -0.3 is 15.4 Å². The summed E-state index contributed by atoms with van der Waals surface area (Å²) in [4.78, 5) is 11.3. The molecule has 0 aromatic heterocycles. The number of rotatable bonds is 8. The number of urea groups is 1. The van der Waals surface area contributed by atoms with Gasteiger partial charge in [0, 0.05) is 13.1 Å². The highest BCUT2D eigenvalue weighted by Gasteiger charge is 2.00. The summed E-state index contributed by atoms with van der Waals surface area (Å²) in [5.41, 5.74) is 0. The Morgan fingerprint density at radius 1 is 1.21 bits per heavy atom. The first-order valence-electron chi connectivity index (χ1n) is 6.63. The van der Waals surface area contributed by atoms with Crippen molar-refractivity contribution in [2.24, 2.45) is 0 Å². The zero-order valence-corrected chi connectivity index (χ0v) is 12.0. The lowest BCUT2D eigenvalue weighted by Crippen LogP contribution is -2.36. The van der Waals surface area contributed by atoms with Crippen molar-refractivity contribution in [3.8, 4) is 5.75 Å². The number of unbranched alkanes of at least 4 members (excludes halogenated alkanes) is 1. The Balaban J connectivity index is 2.05. The molecule has 0 spiro atoms. The highest BCUT2D eigenvalue weighted by Crippen LogP contribution is 2.22. The fraction of sp³-hybridized carbons (Fsp3) is 0.500. The van der Waals surface area contributed by atoms with Crippen molar-refractivity contribution < 1.29 is 9.53 Å². The Hall–Kier alpha value is -1.42. The molecule has 0 aliphatic carbocycles. The number of benzene rings is 1. The molecule has 2 N–H and O–H groups in total. The van der Waals surface area contributed by atoms with Crippen LogP contribution in [-0.2, 0) is 0 Å². The van der Waals surface area contributed by atoms with Gasteiger partial charge in [0.1, 0.15) is 5.75 Å². The summed E-state index contributed by atoms with van der Waals surface area (Å²) in [5.74, 6) is 0.677. The van der Waals surface area contributed by atoms with E-state index in [2.05, 4.69) is 17.6 Å². The first-order chi connectivity index (χ1) is 9.24. The topological polar surface area (TPSA) is 50.4 Å². The third kappa shape index (κ3) is 6.91. The molecule has 0 unspecified atom stereocenters. The molecule has 19 heavy (non-hydrogen) atoms. The number of hydrogen-bond acceptors (Lipinski definition) is 2. The molecule has 1 aromatic rings. The van der Waals surface area contributed by atoms with E-state index in [1.807, 2.05) is 18.2 Å². The van der Waals surface area contributed by atoms with E-state index in [9.17, 15) is 4.79 Å². The van der Waals surface area contributed by atoms with Crippen molar-refractivity contribution in [1.29, 1.82) is 0 Å². The third-order valence-corrected chi connectivity index (χ3v) is 2.83. The standard InChI is InChI=1S/C14H21ClN2O2/c1-2-3-9-16-14(18)17-10-6-11-19-13-8-5-4-7-12(13)15/h4-5,7-8H,2-3,6,9-11H2,1H3,(H2,16,17,18). The largest absolute Gasteiger partial charge is 0.492 e. The minimum Gasteiger partial charge on any atom is -0.492 e. The second-order valence-corrected chi connectivity index (χ2v) is 4.58. The normalized spacial score (nSPS) is 10.0. The summed E-state index contributed by atoms with van der Waals surface area (Å²) in [6.07, 6.45) is 2.82. The monoisotopic (exact) mass is 284 g/mol. The maximum absolute atomic E-state index is 11.3. The molecule has 0 fully saturated rings. The van der Waals surface area contributed by atoms with Crippen LogP contribution in [0.1, 0.15) is 26.2 Å². The highest BCUT2D eigenvalue weighted by molar-refractivity contribution is 6.32. The molecule has 0 radical (unpaired) electrons. The van der Waals surface area contributed by atoms with Crippen LogP contribution in [0.5, 0.6) is 5.75 Å². The molecule has 0 aliphatic rings. The zero-order chi connectivity index (χ0) is 13.9. The van der Waals surface area contributed by atoms with E-state index >= 15 is 0 Å². The fourth-order valence-electron chi connectivity index (χ4n) is 1.46. The Kier molecular flexibility index (Phi) is 7.82. The van der Waals surface area contributed by atoms with E-state index in [4.69, 9.17) is 16.3 Å². The second kappa shape index (κ2) is 9.50. The van der Waals surface area contributed by atoms with Crippen LogP contribution in [0, 0.1) is 0 Å². The molecule has 1 aromatic carbocycles. The number of carbonyl (C=O) groups is 1. The molecule has 0 saturated heterocycles. The van der Waals surface area contributed by atoms with Gasteiger partial charge in [-0.2, -0.15) is 0 Å². The van der Waals surface area contributed by atoms with Crippen molar-refractivity contribution >= 4 is 17.6 Å². The van der Waals surface area contributed by atoms with Gasteiger partial charge >= 0.3 is 6.03 Å². The molecular weight excluding hydrogens is 264 g/mol. The quantitative estimate of drug-likeness (QED) is 0.720. The van der Waals surface area contributed by atoms with Gasteiger partial charge in [-0.15, -0.1) is 0 Å². The highest BCUT2D eigenvalue weighted by atomic mass is 35.5. The van der Waals surface area contributed by atoms with Gasteiger partial charge in [0.25, 0.3) is 0 Å². The maximum Gasteiger partial charge on any atom is 0.314 e. The first-order valence-corrected chi connectivity index (χ1v) is 7.01. The zero-order valence-electron chi connectivity index (χ0n) is 11.2. The number of halogens is 1. The predicted octanol–water partition coefficient (Wildman–Crippen LogP) is 3.21. The Morgan fingerprint density at radius 3 is 2.58 bits per heavy atom. The number of amides is 2. The van der Waals surface area contributed by atoms with E-state index < -0.39 is 0 Å². The van der Waals surface area contributed by atoms with Gasteiger partial charge in [-0.1, -0.05) is 37.1 Å². The van der Waals surface area contributed by atoms with Crippen LogP contribution in [0.2, 0.25) is 5.02 Å².